The lowest BCUT2D eigenvalue weighted by atomic mass is 9.94. The summed E-state index contributed by atoms with van der Waals surface area (Å²) in [6, 6.07) is 8.54. The molecule has 3 rings (SSSR count). The van der Waals surface area contributed by atoms with Gasteiger partial charge in [-0.15, -0.1) is 0 Å². The first kappa shape index (κ1) is 34.4. The van der Waals surface area contributed by atoms with Crippen LogP contribution < -0.4 is 21.3 Å². The predicted octanol–water partition coefficient (Wildman–Crippen LogP) is 3.45. The number of aliphatic hydroxyl groups excluding tert-OH is 1. The van der Waals surface area contributed by atoms with Crippen molar-refractivity contribution in [3.05, 3.63) is 71.5 Å². The molecule has 4 amide bonds. The number of nitrogens with one attached hydrogen (secondary N) is 4. The molecule has 1 aliphatic rings. The summed E-state index contributed by atoms with van der Waals surface area (Å²) in [5.74, 6) is -7.13. The van der Waals surface area contributed by atoms with Crippen LogP contribution >= 0.6 is 0 Å². The molecule has 1 fully saturated rings. The van der Waals surface area contributed by atoms with E-state index < -0.39 is 65.4 Å². The SMILES string of the molecule is CCCC[C@H](NC(=O)OC(c1ccccc1)C(F)(F)c1cccc(F)c1)C(=O)N[C@@H](C[C@@H]1CCNC1=O)C(O)C(=O)NCC. The minimum Gasteiger partial charge on any atom is -0.434 e. The molecule has 0 aromatic heterocycles. The number of unbranched alkanes of at least 4 members (excludes halogenated alkanes) is 1. The molecule has 2 unspecified atom stereocenters. The normalized spacial score (nSPS) is 17.5. The fourth-order valence-corrected chi connectivity index (χ4v) is 4.97. The second-order valence-electron chi connectivity index (χ2n) is 10.6. The van der Waals surface area contributed by atoms with Gasteiger partial charge in [0.05, 0.1) is 6.04 Å². The molecule has 1 saturated heterocycles. The standard InChI is InChI=1S/C31H39F3N4O6/c1-3-5-14-23(28(41)37-24(25(39)29(42)35-4-2)17-20-15-16-36-27(20)40)38-30(43)44-26(19-10-7-6-8-11-19)31(33,34)21-12-9-13-22(32)18-21/h6-13,18,20,23-26,39H,3-5,14-17H2,1-2H3,(H,35,42)(H,36,40)(H,37,41)(H,38,43)/t20-,23-,24-,25?,26?/m0/s1. The third-order valence-electron chi connectivity index (χ3n) is 7.35. The summed E-state index contributed by atoms with van der Waals surface area (Å²) in [6.07, 6.45) is -3.64. The summed E-state index contributed by atoms with van der Waals surface area (Å²) >= 11 is 0. The van der Waals surface area contributed by atoms with Crippen LogP contribution in [0.5, 0.6) is 0 Å². The van der Waals surface area contributed by atoms with Crippen LogP contribution in [0.2, 0.25) is 0 Å². The van der Waals surface area contributed by atoms with Crippen molar-refractivity contribution in [1.82, 2.24) is 21.3 Å². The number of carbonyl (C=O) groups excluding carboxylic acids is 4. The van der Waals surface area contributed by atoms with Gasteiger partial charge in [-0.1, -0.05) is 62.2 Å². The van der Waals surface area contributed by atoms with Crippen LogP contribution in [0.25, 0.3) is 0 Å². The molecule has 240 valence electrons. The van der Waals surface area contributed by atoms with Gasteiger partial charge >= 0.3 is 12.0 Å². The fraction of sp³-hybridized carbons (Fsp3) is 0.484. The highest BCUT2D eigenvalue weighted by atomic mass is 19.3. The molecule has 2 aromatic rings. The molecule has 2 aromatic carbocycles. The topological polar surface area (TPSA) is 146 Å². The van der Waals surface area contributed by atoms with Crippen molar-refractivity contribution in [2.45, 2.75) is 76.2 Å². The fourth-order valence-electron chi connectivity index (χ4n) is 4.97. The van der Waals surface area contributed by atoms with Gasteiger partial charge in [0.15, 0.2) is 12.2 Å². The second kappa shape index (κ2) is 16.1. The van der Waals surface area contributed by atoms with Crippen LogP contribution in [0, 0.1) is 11.7 Å². The number of benzene rings is 2. The van der Waals surface area contributed by atoms with Crippen molar-refractivity contribution < 1.29 is 42.2 Å². The number of amides is 4. The van der Waals surface area contributed by atoms with Gasteiger partial charge in [-0.3, -0.25) is 14.4 Å². The highest BCUT2D eigenvalue weighted by Crippen LogP contribution is 2.43. The average molecular weight is 621 g/mol. The number of alkyl carbamates (subject to hydrolysis) is 1. The van der Waals surface area contributed by atoms with Gasteiger partial charge in [0.25, 0.3) is 5.91 Å². The highest BCUT2D eigenvalue weighted by molar-refractivity contribution is 5.88. The molecular formula is C31H39F3N4O6. The van der Waals surface area contributed by atoms with Gasteiger partial charge in [0.1, 0.15) is 11.9 Å². The van der Waals surface area contributed by atoms with Crippen molar-refractivity contribution in [1.29, 1.82) is 0 Å². The largest absolute Gasteiger partial charge is 0.434 e. The Morgan fingerprint density at radius 2 is 1.80 bits per heavy atom. The van der Waals surface area contributed by atoms with Crippen molar-refractivity contribution in [2.75, 3.05) is 13.1 Å². The van der Waals surface area contributed by atoms with E-state index in [1.54, 1.807) is 13.0 Å². The molecule has 0 bridgehead atoms. The number of hydrogen-bond donors (Lipinski definition) is 5. The number of hydrogen-bond acceptors (Lipinski definition) is 6. The molecule has 13 heteroatoms. The predicted molar refractivity (Wildman–Crippen MR) is 155 cm³/mol. The van der Waals surface area contributed by atoms with Crippen LogP contribution in [0.1, 0.15) is 63.2 Å². The Morgan fingerprint density at radius 1 is 1.07 bits per heavy atom. The summed E-state index contributed by atoms with van der Waals surface area (Å²) in [7, 11) is 0. The Hall–Kier alpha value is -4.13. The maximum absolute atomic E-state index is 15.7. The Kier molecular flexibility index (Phi) is 12.6. The van der Waals surface area contributed by atoms with E-state index in [2.05, 4.69) is 21.3 Å². The first-order chi connectivity index (χ1) is 21.0. The Balaban J connectivity index is 1.82. The number of ether oxygens (including phenoxy) is 1. The third kappa shape index (κ3) is 9.18. The lowest BCUT2D eigenvalue weighted by Gasteiger charge is -2.29. The number of carbonyl (C=O) groups is 4. The van der Waals surface area contributed by atoms with E-state index >= 15 is 8.78 Å². The van der Waals surface area contributed by atoms with Crippen LogP contribution in [0.15, 0.2) is 54.6 Å². The van der Waals surface area contributed by atoms with Crippen molar-refractivity contribution in [2.24, 2.45) is 5.92 Å². The van der Waals surface area contributed by atoms with Crippen LogP contribution in [0.3, 0.4) is 0 Å². The van der Waals surface area contributed by atoms with Crippen molar-refractivity contribution >= 4 is 23.8 Å². The number of likely N-dealkylation sites (N-methyl/N-ethyl adjacent to an activating group) is 1. The number of halogens is 3. The highest BCUT2D eigenvalue weighted by Gasteiger charge is 2.46. The molecule has 5 atom stereocenters. The minimum absolute atomic E-state index is 0.0449. The van der Waals surface area contributed by atoms with Crippen LogP contribution in [0.4, 0.5) is 18.0 Å². The van der Waals surface area contributed by atoms with Gasteiger partial charge in [-0.05, 0) is 43.9 Å². The van der Waals surface area contributed by atoms with Crippen LogP contribution in [-0.4, -0.2) is 60.2 Å². The van der Waals surface area contributed by atoms with Crippen molar-refractivity contribution in [3.63, 3.8) is 0 Å². The Morgan fingerprint density at radius 3 is 2.41 bits per heavy atom. The van der Waals surface area contributed by atoms with E-state index in [4.69, 9.17) is 4.74 Å². The van der Waals surface area contributed by atoms with Crippen molar-refractivity contribution in [3.8, 4) is 0 Å². The lowest BCUT2D eigenvalue weighted by molar-refractivity contribution is -0.134. The average Bonchev–Trinajstić information content (AvgIpc) is 3.41. The van der Waals surface area contributed by atoms with E-state index in [1.165, 1.54) is 24.3 Å². The summed E-state index contributed by atoms with van der Waals surface area (Å²) < 4.78 is 50.5. The Bertz CT molecular complexity index is 1280. The van der Waals surface area contributed by atoms with Gasteiger partial charge in [0, 0.05) is 24.6 Å². The third-order valence-corrected chi connectivity index (χ3v) is 7.35. The maximum atomic E-state index is 15.7. The smallest absolute Gasteiger partial charge is 0.408 e. The summed E-state index contributed by atoms with van der Waals surface area (Å²) in [5, 5.41) is 20.8. The molecule has 5 N–H and O–H groups in total. The van der Waals surface area contributed by atoms with E-state index in [-0.39, 0.29) is 30.9 Å². The molecule has 10 nitrogen and oxygen atoms in total. The lowest BCUT2D eigenvalue weighted by Crippen LogP contribution is -2.56. The van der Waals surface area contributed by atoms with Crippen LogP contribution in [-0.2, 0) is 25.0 Å². The minimum atomic E-state index is -3.86. The molecule has 0 spiro atoms. The van der Waals surface area contributed by atoms with E-state index in [0.717, 1.165) is 18.2 Å². The molecule has 1 aliphatic heterocycles. The zero-order valence-electron chi connectivity index (χ0n) is 24.7. The maximum Gasteiger partial charge on any atom is 0.408 e. The molecule has 44 heavy (non-hydrogen) atoms. The van der Waals surface area contributed by atoms with E-state index in [1.807, 2.05) is 6.92 Å². The Labute approximate surface area is 254 Å². The number of rotatable bonds is 15. The zero-order chi connectivity index (χ0) is 32.3. The first-order valence-electron chi connectivity index (χ1n) is 14.7. The van der Waals surface area contributed by atoms with E-state index in [0.29, 0.717) is 31.9 Å². The van der Waals surface area contributed by atoms with E-state index in [9.17, 15) is 28.7 Å². The van der Waals surface area contributed by atoms with Gasteiger partial charge in [0.2, 0.25) is 11.8 Å². The molecule has 0 radical (unpaired) electrons. The molecule has 1 heterocycles. The number of alkyl halides is 2. The summed E-state index contributed by atoms with van der Waals surface area (Å²) in [5.41, 5.74) is -0.774. The number of aliphatic hydroxyl groups is 1. The summed E-state index contributed by atoms with van der Waals surface area (Å²) in [6.45, 7) is 4.13. The monoisotopic (exact) mass is 620 g/mol. The van der Waals surface area contributed by atoms with Gasteiger partial charge < -0.3 is 31.1 Å². The first-order valence-corrected chi connectivity index (χ1v) is 14.7. The molecule has 0 saturated carbocycles. The second-order valence-corrected chi connectivity index (χ2v) is 10.6. The summed E-state index contributed by atoms with van der Waals surface area (Å²) in [4.78, 5) is 51.2. The van der Waals surface area contributed by atoms with Gasteiger partial charge in [-0.2, -0.15) is 8.78 Å². The quantitative estimate of drug-likeness (QED) is 0.206. The molecular weight excluding hydrogens is 581 g/mol. The van der Waals surface area contributed by atoms with Gasteiger partial charge in [-0.25, -0.2) is 9.18 Å². The molecule has 0 aliphatic carbocycles. The zero-order valence-corrected chi connectivity index (χ0v) is 24.7.